The highest BCUT2D eigenvalue weighted by atomic mass is 15.3. The van der Waals surface area contributed by atoms with Crippen LogP contribution in [0.15, 0.2) is 24.5 Å². The van der Waals surface area contributed by atoms with Crippen molar-refractivity contribution in [2.24, 2.45) is 5.41 Å². The van der Waals surface area contributed by atoms with E-state index >= 15 is 0 Å². The third kappa shape index (κ3) is 2.76. The number of anilines is 1. The number of rotatable bonds is 1. The van der Waals surface area contributed by atoms with Gasteiger partial charge in [0.15, 0.2) is 0 Å². The molecule has 0 atom stereocenters. The largest absolute Gasteiger partial charge is 0.371 e. The lowest BCUT2D eigenvalue weighted by Gasteiger charge is -2.48. The summed E-state index contributed by atoms with van der Waals surface area (Å²) in [6.45, 7) is 5.15. The monoisotopic (exact) mass is 260 g/mol. The van der Waals surface area contributed by atoms with Gasteiger partial charge in [-0.05, 0) is 30.4 Å². The zero-order valence-corrected chi connectivity index (χ0v) is 12.3. The Bertz CT molecular complexity index is 407. The van der Waals surface area contributed by atoms with E-state index in [2.05, 4.69) is 36.1 Å². The summed E-state index contributed by atoms with van der Waals surface area (Å²) in [7, 11) is 4.75. The first-order chi connectivity index (χ1) is 9.09. The van der Waals surface area contributed by atoms with Crippen molar-refractivity contribution in [1.82, 2.24) is 4.98 Å². The number of nitrogens with zero attached hydrogens (tertiary/aromatic N) is 3. The normalized spacial score (nSPS) is 25.5. The van der Waals surface area contributed by atoms with Crippen LogP contribution >= 0.6 is 0 Å². The highest BCUT2D eigenvalue weighted by Crippen LogP contribution is 2.42. The van der Waals surface area contributed by atoms with E-state index < -0.39 is 0 Å². The first-order valence-corrected chi connectivity index (χ1v) is 7.56. The Morgan fingerprint density at radius 2 is 1.58 bits per heavy atom. The maximum absolute atomic E-state index is 4.11. The SMILES string of the molecule is C[N+]1(C)CCC2(CCN(c3ccncc3)CC2)CC1. The molecule has 0 amide bonds. The maximum Gasteiger partial charge on any atom is 0.0787 e. The summed E-state index contributed by atoms with van der Waals surface area (Å²) in [5.74, 6) is 0. The molecule has 1 spiro atoms. The molecule has 2 saturated heterocycles. The van der Waals surface area contributed by atoms with Gasteiger partial charge >= 0.3 is 0 Å². The number of piperidine rings is 2. The van der Waals surface area contributed by atoms with Gasteiger partial charge in [0.05, 0.1) is 27.2 Å². The average molecular weight is 260 g/mol. The Labute approximate surface area is 116 Å². The number of quaternary nitrogens is 1. The predicted octanol–water partition coefficient (Wildman–Crippen LogP) is 2.54. The van der Waals surface area contributed by atoms with Gasteiger partial charge in [-0.25, -0.2) is 0 Å². The molecule has 3 nitrogen and oxygen atoms in total. The average Bonchev–Trinajstić information content (AvgIpc) is 2.45. The summed E-state index contributed by atoms with van der Waals surface area (Å²) in [6.07, 6.45) is 9.39. The second-order valence-corrected chi connectivity index (χ2v) is 7.08. The molecule has 104 valence electrons. The molecule has 0 saturated carbocycles. The van der Waals surface area contributed by atoms with Crippen LogP contribution in [0.25, 0.3) is 0 Å². The summed E-state index contributed by atoms with van der Waals surface area (Å²) in [6, 6.07) is 4.28. The van der Waals surface area contributed by atoms with Crippen LogP contribution in [0.5, 0.6) is 0 Å². The van der Waals surface area contributed by atoms with Crippen LogP contribution in [0.1, 0.15) is 25.7 Å². The van der Waals surface area contributed by atoms with Crippen molar-refractivity contribution in [3.05, 3.63) is 24.5 Å². The molecule has 1 aromatic heterocycles. The van der Waals surface area contributed by atoms with Crippen molar-refractivity contribution >= 4 is 5.69 Å². The van der Waals surface area contributed by atoms with Gasteiger partial charge < -0.3 is 9.38 Å². The van der Waals surface area contributed by atoms with Crippen molar-refractivity contribution in [2.75, 3.05) is 45.2 Å². The molecule has 0 aromatic carbocycles. The van der Waals surface area contributed by atoms with E-state index in [1.807, 2.05) is 12.4 Å². The number of hydrogen-bond acceptors (Lipinski definition) is 2. The number of likely N-dealkylation sites (tertiary alicyclic amines) is 1. The van der Waals surface area contributed by atoms with Gasteiger partial charge in [-0.15, -0.1) is 0 Å². The van der Waals surface area contributed by atoms with Gasteiger partial charge in [0.1, 0.15) is 0 Å². The smallest absolute Gasteiger partial charge is 0.0787 e. The van der Waals surface area contributed by atoms with Gasteiger partial charge in [0, 0.05) is 44.0 Å². The highest BCUT2D eigenvalue weighted by Gasteiger charge is 2.40. The van der Waals surface area contributed by atoms with Gasteiger partial charge in [-0.2, -0.15) is 0 Å². The van der Waals surface area contributed by atoms with Crippen LogP contribution in [0, 0.1) is 5.41 Å². The quantitative estimate of drug-likeness (QED) is 0.721. The number of aromatic nitrogens is 1. The van der Waals surface area contributed by atoms with Gasteiger partial charge in [-0.1, -0.05) is 0 Å². The fraction of sp³-hybridized carbons (Fsp3) is 0.688. The third-order valence-corrected chi connectivity index (χ3v) is 5.35. The lowest BCUT2D eigenvalue weighted by Crippen LogP contribution is -2.52. The van der Waals surface area contributed by atoms with Crippen molar-refractivity contribution in [2.45, 2.75) is 25.7 Å². The van der Waals surface area contributed by atoms with E-state index in [4.69, 9.17) is 0 Å². The third-order valence-electron chi connectivity index (χ3n) is 5.35. The maximum atomic E-state index is 4.11. The van der Waals surface area contributed by atoms with Crippen molar-refractivity contribution in [3.63, 3.8) is 0 Å². The Balaban J connectivity index is 1.61. The van der Waals surface area contributed by atoms with Crippen LogP contribution in [-0.2, 0) is 0 Å². The lowest BCUT2D eigenvalue weighted by atomic mass is 9.71. The lowest BCUT2D eigenvalue weighted by molar-refractivity contribution is -0.897. The molecule has 0 unspecified atom stereocenters. The van der Waals surface area contributed by atoms with Crippen LogP contribution in [-0.4, -0.2) is 49.7 Å². The van der Waals surface area contributed by atoms with Crippen molar-refractivity contribution < 1.29 is 4.48 Å². The zero-order valence-electron chi connectivity index (χ0n) is 12.3. The van der Waals surface area contributed by atoms with E-state index in [1.54, 1.807) is 0 Å². The van der Waals surface area contributed by atoms with E-state index in [0.29, 0.717) is 5.41 Å². The highest BCUT2D eigenvalue weighted by molar-refractivity contribution is 5.45. The molecule has 2 fully saturated rings. The van der Waals surface area contributed by atoms with E-state index in [-0.39, 0.29) is 0 Å². The Hall–Kier alpha value is -1.09. The Kier molecular flexibility index (Phi) is 3.25. The van der Waals surface area contributed by atoms with Crippen LogP contribution in [0.4, 0.5) is 5.69 Å². The first-order valence-electron chi connectivity index (χ1n) is 7.56. The summed E-state index contributed by atoms with van der Waals surface area (Å²) >= 11 is 0. The summed E-state index contributed by atoms with van der Waals surface area (Å²) in [5, 5.41) is 0. The fourth-order valence-electron chi connectivity index (χ4n) is 3.61. The summed E-state index contributed by atoms with van der Waals surface area (Å²) < 4.78 is 1.22. The molecule has 0 N–H and O–H groups in total. The Morgan fingerprint density at radius 3 is 2.16 bits per heavy atom. The molecule has 2 aliphatic heterocycles. The fourth-order valence-corrected chi connectivity index (χ4v) is 3.61. The van der Waals surface area contributed by atoms with E-state index in [0.717, 1.165) is 0 Å². The molecular weight excluding hydrogens is 234 g/mol. The topological polar surface area (TPSA) is 16.1 Å². The first kappa shape index (κ1) is 12.9. The minimum Gasteiger partial charge on any atom is -0.371 e. The molecule has 1 aromatic rings. The minimum atomic E-state index is 0.650. The van der Waals surface area contributed by atoms with Crippen molar-refractivity contribution in [1.29, 1.82) is 0 Å². The van der Waals surface area contributed by atoms with Crippen LogP contribution in [0.2, 0.25) is 0 Å². The van der Waals surface area contributed by atoms with Gasteiger partial charge in [-0.3, -0.25) is 4.98 Å². The second kappa shape index (κ2) is 4.78. The molecule has 0 aliphatic carbocycles. The van der Waals surface area contributed by atoms with Crippen LogP contribution in [0.3, 0.4) is 0 Å². The zero-order chi connectivity index (χ0) is 13.3. The number of hydrogen-bond donors (Lipinski definition) is 0. The molecule has 3 heterocycles. The minimum absolute atomic E-state index is 0.650. The van der Waals surface area contributed by atoms with Gasteiger partial charge in [0.25, 0.3) is 0 Å². The van der Waals surface area contributed by atoms with Gasteiger partial charge in [0.2, 0.25) is 0 Å². The Morgan fingerprint density at radius 1 is 1.00 bits per heavy atom. The number of pyridine rings is 1. The van der Waals surface area contributed by atoms with Crippen LogP contribution < -0.4 is 4.90 Å². The van der Waals surface area contributed by atoms with E-state index in [9.17, 15) is 0 Å². The standard InChI is InChI=1S/C16H26N3/c1-19(2)13-7-16(8-14-19)5-11-18(12-6-16)15-3-9-17-10-4-15/h3-4,9-10H,5-8,11-14H2,1-2H3/q+1. The second-order valence-electron chi connectivity index (χ2n) is 7.08. The van der Waals surface area contributed by atoms with Crippen molar-refractivity contribution in [3.8, 4) is 0 Å². The molecule has 3 heteroatoms. The molecule has 0 radical (unpaired) electrons. The summed E-state index contributed by atoms with van der Waals surface area (Å²) in [5.41, 5.74) is 1.99. The van der Waals surface area contributed by atoms with E-state index in [1.165, 1.54) is 62.0 Å². The molecule has 3 rings (SSSR count). The molecule has 19 heavy (non-hydrogen) atoms. The molecule has 2 aliphatic rings. The molecule has 0 bridgehead atoms. The summed E-state index contributed by atoms with van der Waals surface area (Å²) in [4.78, 5) is 6.64. The predicted molar refractivity (Wildman–Crippen MR) is 79.2 cm³/mol. The molecular formula is C16H26N3+.